The first-order valence-corrected chi connectivity index (χ1v) is 9.24. The largest absolute Gasteiger partial charge is 0.350 e. The van der Waals surface area contributed by atoms with Crippen LogP contribution in [0.2, 0.25) is 0 Å². The molecule has 0 unspecified atom stereocenters. The van der Waals surface area contributed by atoms with Gasteiger partial charge in [-0.3, -0.25) is 14.4 Å². The number of aromatic nitrogens is 2. The second kappa shape index (κ2) is 7.95. The van der Waals surface area contributed by atoms with Crippen LogP contribution in [0, 0.1) is 6.92 Å². The van der Waals surface area contributed by atoms with Crippen LogP contribution < -0.4 is 5.32 Å². The van der Waals surface area contributed by atoms with E-state index in [9.17, 15) is 4.79 Å². The average molecular weight is 318 g/mol. The van der Waals surface area contributed by atoms with E-state index in [0.717, 1.165) is 24.7 Å². The maximum absolute atomic E-state index is 12.2. The Kier molecular flexibility index (Phi) is 5.70. The Morgan fingerprint density at radius 3 is 2.70 bits per heavy atom. The normalized spacial score (nSPS) is 24.3. The highest BCUT2D eigenvalue weighted by molar-refractivity contribution is 5.76. The summed E-state index contributed by atoms with van der Waals surface area (Å²) in [6, 6.07) is 2.98. The predicted molar refractivity (Wildman–Crippen MR) is 91.2 cm³/mol. The van der Waals surface area contributed by atoms with Gasteiger partial charge < -0.3 is 5.32 Å². The molecule has 2 heterocycles. The van der Waals surface area contributed by atoms with Gasteiger partial charge in [-0.05, 0) is 45.2 Å². The van der Waals surface area contributed by atoms with Gasteiger partial charge in [0.1, 0.15) is 6.54 Å². The van der Waals surface area contributed by atoms with E-state index in [1.54, 1.807) is 4.68 Å². The summed E-state index contributed by atoms with van der Waals surface area (Å²) in [5.74, 6) is 0.0841. The van der Waals surface area contributed by atoms with E-state index in [2.05, 4.69) is 15.3 Å². The molecule has 3 rings (SSSR count). The molecule has 2 fully saturated rings. The summed E-state index contributed by atoms with van der Waals surface area (Å²) in [6.45, 7) is 4.50. The van der Waals surface area contributed by atoms with Crippen molar-refractivity contribution in [1.82, 2.24) is 20.0 Å². The summed E-state index contributed by atoms with van der Waals surface area (Å²) in [6.07, 6.45) is 12.4. The van der Waals surface area contributed by atoms with Gasteiger partial charge in [0.05, 0.1) is 5.69 Å². The van der Waals surface area contributed by atoms with Crippen LogP contribution in [0.3, 0.4) is 0 Å². The molecule has 1 saturated carbocycles. The Bertz CT molecular complexity index is 505. The summed E-state index contributed by atoms with van der Waals surface area (Å²) in [4.78, 5) is 14.9. The Balaban J connectivity index is 1.48. The van der Waals surface area contributed by atoms with E-state index >= 15 is 0 Å². The molecule has 5 nitrogen and oxygen atoms in total. The van der Waals surface area contributed by atoms with Crippen LogP contribution in [0.4, 0.5) is 0 Å². The van der Waals surface area contributed by atoms with Crippen LogP contribution in [0.1, 0.15) is 57.1 Å². The summed E-state index contributed by atoms with van der Waals surface area (Å²) < 4.78 is 1.72. The molecule has 0 bridgehead atoms. The summed E-state index contributed by atoms with van der Waals surface area (Å²) >= 11 is 0. The van der Waals surface area contributed by atoms with Crippen molar-refractivity contribution in [1.29, 1.82) is 0 Å². The van der Waals surface area contributed by atoms with E-state index in [0.29, 0.717) is 12.6 Å². The van der Waals surface area contributed by atoms with Gasteiger partial charge in [-0.2, -0.15) is 5.10 Å². The average Bonchev–Trinajstić information content (AvgIpc) is 2.78. The fourth-order valence-corrected chi connectivity index (χ4v) is 4.05. The molecular formula is C18H30N4O. The van der Waals surface area contributed by atoms with Gasteiger partial charge in [0.25, 0.3) is 0 Å². The van der Waals surface area contributed by atoms with Crippen molar-refractivity contribution in [2.45, 2.75) is 76.9 Å². The molecule has 0 spiro atoms. The third kappa shape index (κ3) is 4.80. The van der Waals surface area contributed by atoms with Crippen LogP contribution in [0.5, 0.6) is 0 Å². The van der Waals surface area contributed by atoms with E-state index in [-0.39, 0.29) is 5.91 Å². The number of aryl methyl sites for hydroxylation is 1. The molecule has 2 aliphatic rings. The number of carbonyl (C=O) groups excluding carboxylic acids is 1. The number of amides is 1. The van der Waals surface area contributed by atoms with Gasteiger partial charge in [0.2, 0.25) is 5.91 Å². The minimum atomic E-state index is 0.0841. The molecular weight excluding hydrogens is 288 g/mol. The number of piperidine rings is 1. The first-order chi connectivity index (χ1) is 11.2. The molecule has 1 aromatic rings. The number of rotatable bonds is 4. The predicted octanol–water partition coefficient (Wildman–Crippen LogP) is 2.49. The van der Waals surface area contributed by atoms with Gasteiger partial charge in [-0.15, -0.1) is 0 Å². The molecule has 1 atom stereocenters. The number of nitrogens with one attached hydrogen (secondary N) is 1. The van der Waals surface area contributed by atoms with Crippen molar-refractivity contribution >= 4 is 5.91 Å². The Morgan fingerprint density at radius 2 is 2.00 bits per heavy atom. The second-order valence-electron chi connectivity index (χ2n) is 7.20. The number of carbonyl (C=O) groups is 1. The molecule has 0 radical (unpaired) electrons. The summed E-state index contributed by atoms with van der Waals surface area (Å²) in [5, 5.41) is 7.51. The Hall–Kier alpha value is -1.36. The molecule has 1 aliphatic heterocycles. The molecule has 1 saturated heterocycles. The fourth-order valence-electron chi connectivity index (χ4n) is 4.05. The van der Waals surface area contributed by atoms with Crippen LogP contribution >= 0.6 is 0 Å². The number of nitrogens with zero attached hydrogens (tertiary/aromatic N) is 3. The smallest absolute Gasteiger partial charge is 0.241 e. The van der Waals surface area contributed by atoms with Gasteiger partial charge in [-0.25, -0.2) is 0 Å². The number of hydrogen-bond donors (Lipinski definition) is 1. The van der Waals surface area contributed by atoms with Crippen molar-refractivity contribution in [2.24, 2.45) is 0 Å². The zero-order valence-corrected chi connectivity index (χ0v) is 14.3. The maximum atomic E-state index is 12.2. The Morgan fingerprint density at radius 1 is 1.22 bits per heavy atom. The van der Waals surface area contributed by atoms with Crippen LogP contribution in [-0.2, 0) is 11.3 Å². The lowest BCUT2D eigenvalue weighted by molar-refractivity contribution is -0.123. The molecule has 1 amide bonds. The van der Waals surface area contributed by atoms with E-state index in [4.69, 9.17) is 0 Å². The quantitative estimate of drug-likeness (QED) is 0.868. The minimum Gasteiger partial charge on any atom is -0.350 e. The second-order valence-corrected chi connectivity index (χ2v) is 7.20. The van der Waals surface area contributed by atoms with Crippen molar-refractivity contribution < 1.29 is 4.79 Å². The Labute approximate surface area is 139 Å². The number of likely N-dealkylation sites (tertiary alicyclic amines) is 1. The zero-order chi connectivity index (χ0) is 16.1. The molecule has 1 aliphatic carbocycles. The highest BCUT2D eigenvalue weighted by Crippen LogP contribution is 2.24. The molecule has 23 heavy (non-hydrogen) atoms. The topological polar surface area (TPSA) is 50.2 Å². The first kappa shape index (κ1) is 16.5. The van der Waals surface area contributed by atoms with Crippen molar-refractivity contribution in [3.05, 3.63) is 18.0 Å². The van der Waals surface area contributed by atoms with Crippen LogP contribution in [0.25, 0.3) is 0 Å². The minimum absolute atomic E-state index is 0.0841. The van der Waals surface area contributed by atoms with E-state index < -0.39 is 0 Å². The van der Waals surface area contributed by atoms with Crippen LogP contribution in [-0.4, -0.2) is 45.8 Å². The zero-order valence-electron chi connectivity index (χ0n) is 14.3. The lowest BCUT2D eigenvalue weighted by Gasteiger charge is -2.38. The van der Waals surface area contributed by atoms with Gasteiger partial charge in [0, 0.05) is 24.8 Å². The molecule has 1 N–H and O–H groups in total. The maximum Gasteiger partial charge on any atom is 0.241 e. The van der Waals surface area contributed by atoms with Crippen LogP contribution in [0.15, 0.2) is 12.3 Å². The first-order valence-electron chi connectivity index (χ1n) is 9.24. The van der Waals surface area contributed by atoms with E-state index in [1.165, 1.54) is 51.5 Å². The lowest BCUT2D eigenvalue weighted by atomic mass is 10.00. The third-order valence-corrected chi connectivity index (χ3v) is 5.24. The molecule has 1 aromatic heterocycles. The standard InChI is InChI=1S/C18H30N4O/c1-15-10-12-22(20-15)14-18(23)19-16-7-6-11-21(13-16)17-8-4-2-3-5-9-17/h10,12,16-17H,2-9,11,13-14H2,1H3,(H,19,23)/t16-/m1/s1. The molecule has 0 aromatic carbocycles. The highest BCUT2D eigenvalue weighted by Gasteiger charge is 2.27. The highest BCUT2D eigenvalue weighted by atomic mass is 16.2. The van der Waals surface area contributed by atoms with E-state index in [1.807, 2.05) is 19.2 Å². The summed E-state index contributed by atoms with van der Waals surface area (Å²) in [5.41, 5.74) is 0.954. The molecule has 5 heteroatoms. The third-order valence-electron chi connectivity index (χ3n) is 5.24. The van der Waals surface area contributed by atoms with Gasteiger partial charge in [0.15, 0.2) is 0 Å². The van der Waals surface area contributed by atoms with Crippen molar-refractivity contribution in [3.8, 4) is 0 Å². The summed E-state index contributed by atoms with van der Waals surface area (Å²) in [7, 11) is 0. The van der Waals surface area contributed by atoms with Crippen molar-refractivity contribution in [3.63, 3.8) is 0 Å². The van der Waals surface area contributed by atoms with Gasteiger partial charge >= 0.3 is 0 Å². The SMILES string of the molecule is Cc1ccn(CC(=O)N[C@@H]2CCCN(C3CCCCCC3)C2)n1. The lowest BCUT2D eigenvalue weighted by Crippen LogP contribution is -2.51. The molecule has 128 valence electrons. The number of hydrogen-bond acceptors (Lipinski definition) is 3. The monoisotopic (exact) mass is 318 g/mol. The van der Waals surface area contributed by atoms with Gasteiger partial charge in [-0.1, -0.05) is 25.7 Å². The fraction of sp³-hybridized carbons (Fsp3) is 0.778. The van der Waals surface area contributed by atoms with Crippen molar-refractivity contribution in [2.75, 3.05) is 13.1 Å².